The fraction of sp³-hybridized carbons (Fsp3) is 0.231. The Morgan fingerprint density at radius 3 is 2.70 bits per heavy atom. The zero-order chi connectivity index (χ0) is 14.8. The van der Waals surface area contributed by atoms with E-state index in [2.05, 4.69) is 4.72 Å². The van der Waals surface area contributed by atoms with E-state index >= 15 is 0 Å². The summed E-state index contributed by atoms with van der Waals surface area (Å²) >= 11 is 1.02. The van der Waals surface area contributed by atoms with Gasteiger partial charge in [-0.3, -0.25) is 0 Å². The lowest BCUT2D eigenvalue weighted by atomic mass is 10.1. The molecule has 0 aliphatic rings. The van der Waals surface area contributed by atoms with Crippen molar-refractivity contribution in [1.29, 1.82) is 0 Å². The molecule has 2 rings (SSSR count). The van der Waals surface area contributed by atoms with Crippen LogP contribution in [0.1, 0.15) is 24.1 Å². The molecular weight excluding hydrogens is 301 g/mol. The highest BCUT2D eigenvalue weighted by atomic mass is 32.2. The van der Waals surface area contributed by atoms with Gasteiger partial charge in [0, 0.05) is 11.6 Å². The third-order valence-corrected chi connectivity index (χ3v) is 5.81. The molecule has 2 aromatic rings. The lowest BCUT2D eigenvalue weighted by Crippen LogP contribution is -2.26. The maximum absolute atomic E-state index is 13.6. The van der Waals surface area contributed by atoms with E-state index in [0.29, 0.717) is 5.56 Å². The molecule has 7 heteroatoms. The highest BCUT2D eigenvalue weighted by Crippen LogP contribution is 2.23. The van der Waals surface area contributed by atoms with Crippen LogP contribution in [0.25, 0.3) is 0 Å². The van der Waals surface area contributed by atoms with Crippen LogP contribution in [-0.2, 0) is 16.6 Å². The molecule has 0 bridgehead atoms. The average molecular weight is 315 g/mol. The molecule has 1 atom stereocenters. The second-order valence-electron chi connectivity index (χ2n) is 4.30. The molecule has 2 N–H and O–H groups in total. The summed E-state index contributed by atoms with van der Waals surface area (Å²) in [5.41, 5.74) is 0.823. The van der Waals surface area contributed by atoms with Gasteiger partial charge < -0.3 is 5.11 Å². The number of benzene rings is 1. The third-order valence-electron chi connectivity index (χ3n) is 2.78. The summed E-state index contributed by atoms with van der Waals surface area (Å²) in [5, 5.41) is 10.5. The first kappa shape index (κ1) is 15.1. The first-order valence-corrected chi connectivity index (χ1v) is 8.25. The highest BCUT2D eigenvalue weighted by molar-refractivity contribution is 7.91. The number of thiophene rings is 1. The molecule has 0 saturated carbocycles. The summed E-state index contributed by atoms with van der Waals surface area (Å²) in [6.07, 6.45) is 0. The Morgan fingerprint density at radius 2 is 2.10 bits per heavy atom. The Hall–Kier alpha value is -1.28. The van der Waals surface area contributed by atoms with Gasteiger partial charge in [-0.1, -0.05) is 18.2 Å². The lowest BCUT2D eigenvalue weighted by molar-refractivity contribution is 0.282. The van der Waals surface area contributed by atoms with E-state index in [1.165, 1.54) is 18.2 Å². The predicted octanol–water partition coefficient (Wildman–Crippen LogP) is 2.42. The standard InChI is InChI=1S/C13H14FNO3S2/c1-9(11-4-2-3-5-12(11)14)15-20(17,18)13-6-10(7-16)8-19-13/h2-6,8-9,15-16H,7H2,1H3. The Bertz CT molecular complexity index is 697. The number of nitrogens with one attached hydrogen (secondary N) is 1. The average Bonchev–Trinajstić information content (AvgIpc) is 2.88. The molecule has 0 amide bonds. The van der Waals surface area contributed by atoms with Gasteiger partial charge in [0.25, 0.3) is 10.0 Å². The van der Waals surface area contributed by atoms with Crippen LogP contribution in [0.2, 0.25) is 0 Å². The van der Waals surface area contributed by atoms with Crippen LogP contribution in [0.15, 0.2) is 39.9 Å². The number of aliphatic hydroxyl groups is 1. The smallest absolute Gasteiger partial charge is 0.250 e. The fourth-order valence-corrected chi connectivity index (χ4v) is 4.20. The van der Waals surface area contributed by atoms with E-state index in [9.17, 15) is 12.8 Å². The SMILES string of the molecule is CC(NS(=O)(=O)c1cc(CO)cs1)c1ccccc1F. The predicted molar refractivity (Wildman–Crippen MR) is 75.4 cm³/mol. The van der Waals surface area contributed by atoms with Crippen LogP contribution in [0, 0.1) is 5.82 Å². The molecule has 1 aromatic carbocycles. The summed E-state index contributed by atoms with van der Waals surface area (Å²) in [7, 11) is -3.72. The van der Waals surface area contributed by atoms with Crippen LogP contribution in [-0.4, -0.2) is 13.5 Å². The molecule has 1 heterocycles. The third kappa shape index (κ3) is 3.24. The fourth-order valence-electron chi connectivity index (χ4n) is 1.76. The zero-order valence-electron chi connectivity index (χ0n) is 10.7. The molecule has 4 nitrogen and oxygen atoms in total. The van der Waals surface area contributed by atoms with Crippen LogP contribution in [0.3, 0.4) is 0 Å². The van der Waals surface area contributed by atoms with E-state index in [1.807, 2.05) is 0 Å². The Morgan fingerprint density at radius 1 is 1.40 bits per heavy atom. The Labute approximate surface area is 120 Å². The van der Waals surface area contributed by atoms with Crippen molar-refractivity contribution in [3.63, 3.8) is 0 Å². The summed E-state index contributed by atoms with van der Waals surface area (Å²) in [4.78, 5) is 0. The first-order chi connectivity index (χ1) is 9.44. The van der Waals surface area contributed by atoms with Crippen molar-refractivity contribution < 1.29 is 17.9 Å². The van der Waals surface area contributed by atoms with Crippen LogP contribution >= 0.6 is 11.3 Å². The second kappa shape index (κ2) is 6.01. The summed E-state index contributed by atoms with van der Waals surface area (Å²) in [6, 6.07) is 6.75. The van der Waals surface area contributed by atoms with Crippen LogP contribution < -0.4 is 4.72 Å². The minimum absolute atomic E-state index is 0.102. The maximum atomic E-state index is 13.6. The molecule has 0 aliphatic heterocycles. The Balaban J connectivity index is 2.22. The summed E-state index contributed by atoms with van der Waals surface area (Å²) in [6.45, 7) is 1.37. The van der Waals surface area contributed by atoms with Gasteiger partial charge in [-0.25, -0.2) is 17.5 Å². The molecule has 0 fully saturated rings. The van der Waals surface area contributed by atoms with Crippen molar-refractivity contribution >= 4 is 21.4 Å². The zero-order valence-corrected chi connectivity index (χ0v) is 12.3. The van der Waals surface area contributed by atoms with E-state index in [4.69, 9.17) is 5.11 Å². The van der Waals surface area contributed by atoms with Gasteiger partial charge >= 0.3 is 0 Å². The van der Waals surface area contributed by atoms with Crippen molar-refractivity contribution in [3.8, 4) is 0 Å². The van der Waals surface area contributed by atoms with Gasteiger partial charge in [0.05, 0.1) is 6.61 Å². The number of hydrogen-bond donors (Lipinski definition) is 2. The normalized spacial score (nSPS) is 13.3. The molecule has 1 aromatic heterocycles. The Kier molecular flexibility index (Phi) is 4.54. The minimum atomic E-state index is -3.72. The van der Waals surface area contributed by atoms with Crippen molar-refractivity contribution in [1.82, 2.24) is 4.72 Å². The van der Waals surface area contributed by atoms with Crippen molar-refractivity contribution in [2.24, 2.45) is 0 Å². The lowest BCUT2D eigenvalue weighted by Gasteiger charge is -2.14. The van der Waals surface area contributed by atoms with E-state index in [0.717, 1.165) is 11.3 Å². The van der Waals surface area contributed by atoms with E-state index < -0.39 is 21.9 Å². The molecule has 20 heavy (non-hydrogen) atoms. The number of aliphatic hydroxyl groups excluding tert-OH is 1. The number of halogens is 1. The monoisotopic (exact) mass is 315 g/mol. The van der Waals surface area contributed by atoms with Gasteiger partial charge in [-0.05, 0) is 30.0 Å². The minimum Gasteiger partial charge on any atom is -0.392 e. The summed E-state index contributed by atoms with van der Waals surface area (Å²) < 4.78 is 40.4. The topological polar surface area (TPSA) is 66.4 Å². The van der Waals surface area contributed by atoms with E-state index in [-0.39, 0.29) is 16.4 Å². The van der Waals surface area contributed by atoms with Gasteiger partial charge in [0.15, 0.2) is 0 Å². The van der Waals surface area contributed by atoms with Crippen LogP contribution in [0.4, 0.5) is 4.39 Å². The first-order valence-electron chi connectivity index (χ1n) is 5.89. The maximum Gasteiger partial charge on any atom is 0.250 e. The van der Waals surface area contributed by atoms with E-state index in [1.54, 1.807) is 24.4 Å². The molecular formula is C13H14FNO3S2. The molecule has 0 saturated heterocycles. The van der Waals surface area contributed by atoms with Gasteiger partial charge in [0.1, 0.15) is 10.0 Å². The molecule has 0 aliphatic carbocycles. The van der Waals surface area contributed by atoms with Crippen molar-refractivity contribution in [2.45, 2.75) is 23.8 Å². The number of rotatable bonds is 5. The van der Waals surface area contributed by atoms with Gasteiger partial charge in [-0.15, -0.1) is 11.3 Å². The molecule has 1 unspecified atom stereocenters. The largest absolute Gasteiger partial charge is 0.392 e. The van der Waals surface area contributed by atoms with Crippen molar-refractivity contribution in [2.75, 3.05) is 0 Å². The molecule has 108 valence electrons. The highest BCUT2D eigenvalue weighted by Gasteiger charge is 2.21. The summed E-state index contributed by atoms with van der Waals surface area (Å²) in [5.74, 6) is -0.454. The van der Waals surface area contributed by atoms with Crippen molar-refractivity contribution in [3.05, 3.63) is 52.7 Å². The van der Waals surface area contributed by atoms with Gasteiger partial charge in [0.2, 0.25) is 0 Å². The molecule has 0 radical (unpaired) electrons. The quantitative estimate of drug-likeness (QED) is 0.890. The molecule has 0 spiro atoms. The van der Waals surface area contributed by atoms with Gasteiger partial charge in [-0.2, -0.15) is 0 Å². The number of sulfonamides is 1. The second-order valence-corrected chi connectivity index (χ2v) is 7.15. The van der Waals surface area contributed by atoms with Crippen LogP contribution in [0.5, 0.6) is 0 Å². The number of hydrogen-bond acceptors (Lipinski definition) is 4.